The lowest BCUT2D eigenvalue weighted by atomic mass is 10.2. The maximum absolute atomic E-state index is 9.08. The Morgan fingerprint density at radius 2 is 2.05 bits per heavy atom. The zero-order chi connectivity index (χ0) is 15.2. The number of rotatable bonds is 7. The van der Waals surface area contributed by atoms with Gasteiger partial charge in [0.2, 0.25) is 11.7 Å². The number of likely N-dealkylation sites (N-methyl/N-ethyl adjacent to an activating group) is 1. The van der Waals surface area contributed by atoms with E-state index < -0.39 is 0 Å². The van der Waals surface area contributed by atoms with E-state index in [2.05, 4.69) is 15.0 Å². The molecule has 2 aromatic rings. The smallest absolute Gasteiger partial charge is 0.244 e. The molecule has 114 valence electrons. The van der Waals surface area contributed by atoms with Crippen molar-refractivity contribution in [2.45, 2.75) is 19.9 Å². The van der Waals surface area contributed by atoms with E-state index in [1.807, 2.05) is 38.1 Å². The molecule has 1 N–H and O–H groups in total. The highest BCUT2D eigenvalue weighted by Gasteiger charge is 2.20. The molecule has 0 saturated carbocycles. The number of hydrogen-bond acceptors (Lipinski definition) is 6. The van der Waals surface area contributed by atoms with Crippen molar-refractivity contribution >= 4 is 0 Å². The molecule has 1 aromatic carbocycles. The summed E-state index contributed by atoms with van der Waals surface area (Å²) in [6, 6.07) is 7.48. The van der Waals surface area contributed by atoms with Crippen LogP contribution in [0.15, 0.2) is 28.8 Å². The van der Waals surface area contributed by atoms with Gasteiger partial charge in [-0.1, -0.05) is 12.1 Å². The summed E-state index contributed by atoms with van der Waals surface area (Å²) in [4.78, 5) is 6.52. The van der Waals surface area contributed by atoms with Gasteiger partial charge in [0.05, 0.1) is 19.8 Å². The molecule has 0 aliphatic carbocycles. The Balaban J connectivity index is 2.16. The lowest BCUT2D eigenvalue weighted by Crippen LogP contribution is -2.29. The summed E-state index contributed by atoms with van der Waals surface area (Å²) in [6.07, 6.45) is 0. The highest BCUT2D eigenvalue weighted by molar-refractivity contribution is 5.55. The summed E-state index contributed by atoms with van der Waals surface area (Å²) in [5.41, 5.74) is 0.878. The van der Waals surface area contributed by atoms with Crippen LogP contribution in [0.3, 0.4) is 0 Å². The van der Waals surface area contributed by atoms with Crippen LogP contribution in [0.1, 0.15) is 25.8 Å². The average molecular weight is 291 g/mol. The monoisotopic (exact) mass is 291 g/mol. The van der Waals surface area contributed by atoms with Crippen molar-refractivity contribution in [3.8, 4) is 17.1 Å². The predicted molar refractivity (Wildman–Crippen MR) is 79.0 cm³/mol. The third kappa shape index (κ3) is 3.59. The standard InChI is InChI=1S/C15H21N3O3/c1-4-18(9-10-19)11(2)15-16-14(17-21-15)12-5-7-13(20-3)8-6-12/h5-8,11,19H,4,9-10H2,1-3H3. The number of methoxy groups -OCH3 is 1. The van der Waals surface area contributed by atoms with Crippen LogP contribution in [0.4, 0.5) is 0 Å². The molecule has 1 unspecified atom stereocenters. The zero-order valence-electron chi connectivity index (χ0n) is 12.6. The van der Waals surface area contributed by atoms with Crippen molar-refractivity contribution in [3.05, 3.63) is 30.2 Å². The van der Waals surface area contributed by atoms with Crippen molar-refractivity contribution in [1.29, 1.82) is 0 Å². The first kappa shape index (κ1) is 15.5. The Morgan fingerprint density at radius 3 is 2.62 bits per heavy atom. The van der Waals surface area contributed by atoms with Gasteiger partial charge < -0.3 is 14.4 Å². The number of aromatic nitrogens is 2. The molecular formula is C15H21N3O3. The van der Waals surface area contributed by atoms with Crippen LogP contribution in [-0.2, 0) is 0 Å². The Bertz CT molecular complexity index is 554. The molecule has 0 saturated heterocycles. The Hall–Kier alpha value is -1.92. The van der Waals surface area contributed by atoms with Crippen LogP contribution in [0.2, 0.25) is 0 Å². The number of benzene rings is 1. The highest BCUT2D eigenvalue weighted by Crippen LogP contribution is 2.23. The molecule has 6 nitrogen and oxygen atoms in total. The molecule has 0 aliphatic heterocycles. The van der Waals surface area contributed by atoms with Crippen LogP contribution in [0.25, 0.3) is 11.4 Å². The van der Waals surface area contributed by atoms with Crippen molar-refractivity contribution in [1.82, 2.24) is 15.0 Å². The summed E-state index contributed by atoms with van der Waals surface area (Å²) < 4.78 is 10.5. The second-order valence-corrected chi connectivity index (χ2v) is 4.71. The minimum absolute atomic E-state index is 0.0263. The van der Waals surface area contributed by atoms with E-state index in [1.165, 1.54) is 0 Å². The number of nitrogens with zero attached hydrogens (tertiary/aromatic N) is 3. The second kappa shape index (κ2) is 7.19. The van der Waals surface area contributed by atoms with E-state index in [0.29, 0.717) is 18.3 Å². The Kier molecular flexibility index (Phi) is 5.30. The fourth-order valence-electron chi connectivity index (χ4n) is 2.17. The predicted octanol–water partition coefficient (Wildman–Crippen LogP) is 2.12. The quantitative estimate of drug-likeness (QED) is 0.842. The van der Waals surface area contributed by atoms with E-state index in [-0.39, 0.29) is 12.6 Å². The van der Waals surface area contributed by atoms with Gasteiger partial charge in [-0.3, -0.25) is 4.90 Å². The van der Waals surface area contributed by atoms with Gasteiger partial charge in [0.15, 0.2) is 0 Å². The largest absolute Gasteiger partial charge is 0.497 e. The first-order valence-corrected chi connectivity index (χ1v) is 7.02. The molecule has 0 fully saturated rings. The first-order valence-electron chi connectivity index (χ1n) is 7.02. The highest BCUT2D eigenvalue weighted by atomic mass is 16.5. The topological polar surface area (TPSA) is 71.6 Å². The maximum atomic E-state index is 9.08. The fourth-order valence-corrected chi connectivity index (χ4v) is 2.17. The summed E-state index contributed by atoms with van der Waals surface area (Å²) in [5.74, 6) is 1.90. The number of aliphatic hydroxyl groups excluding tert-OH is 1. The van der Waals surface area contributed by atoms with Crippen molar-refractivity contribution in [3.63, 3.8) is 0 Å². The molecule has 0 bridgehead atoms. The van der Waals surface area contributed by atoms with Crippen LogP contribution in [0.5, 0.6) is 5.75 Å². The number of ether oxygens (including phenoxy) is 1. The van der Waals surface area contributed by atoms with E-state index >= 15 is 0 Å². The third-order valence-corrected chi connectivity index (χ3v) is 3.49. The maximum Gasteiger partial charge on any atom is 0.244 e. The van der Waals surface area contributed by atoms with Gasteiger partial charge in [-0.2, -0.15) is 4.98 Å². The third-order valence-electron chi connectivity index (χ3n) is 3.49. The van der Waals surface area contributed by atoms with Crippen LogP contribution >= 0.6 is 0 Å². The van der Waals surface area contributed by atoms with Gasteiger partial charge in [-0.15, -0.1) is 0 Å². The van der Waals surface area contributed by atoms with Gasteiger partial charge in [0.1, 0.15) is 5.75 Å². The van der Waals surface area contributed by atoms with E-state index in [0.717, 1.165) is 17.9 Å². The Morgan fingerprint density at radius 1 is 1.33 bits per heavy atom. The Labute approximate surface area is 124 Å². The van der Waals surface area contributed by atoms with Crippen LogP contribution < -0.4 is 4.74 Å². The van der Waals surface area contributed by atoms with Gasteiger partial charge in [0.25, 0.3) is 0 Å². The molecule has 1 heterocycles. The molecule has 0 amide bonds. The molecule has 0 spiro atoms. The van der Waals surface area contributed by atoms with E-state index in [1.54, 1.807) is 7.11 Å². The summed E-state index contributed by atoms with van der Waals surface area (Å²) in [6.45, 7) is 5.52. The SMILES string of the molecule is CCN(CCO)C(C)c1nc(-c2ccc(OC)cc2)no1. The van der Waals surface area contributed by atoms with Gasteiger partial charge in [0, 0.05) is 12.1 Å². The lowest BCUT2D eigenvalue weighted by Gasteiger charge is -2.23. The number of aliphatic hydroxyl groups is 1. The van der Waals surface area contributed by atoms with Crippen LogP contribution in [0, 0.1) is 0 Å². The first-order chi connectivity index (χ1) is 10.2. The summed E-state index contributed by atoms with van der Waals surface area (Å²) >= 11 is 0. The van der Waals surface area contributed by atoms with Gasteiger partial charge >= 0.3 is 0 Å². The van der Waals surface area contributed by atoms with Gasteiger partial charge in [-0.05, 0) is 37.7 Å². The molecule has 1 aromatic heterocycles. The van der Waals surface area contributed by atoms with E-state index in [9.17, 15) is 0 Å². The minimum atomic E-state index is -0.0263. The summed E-state index contributed by atoms with van der Waals surface area (Å²) in [5, 5.41) is 13.1. The minimum Gasteiger partial charge on any atom is -0.497 e. The molecule has 6 heteroatoms. The lowest BCUT2D eigenvalue weighted by molar-refractivity contribution is 0.143. The normalized spacial score (nSPS) is 12.6. The molecule has 2 rings (SSSR count). The average Bonchev–Trinajstić information content (AvgIpc) is 3.02. The fraction of sp³-hybridized carbons (Fsp3) is 0.467. The van der Waals surface area contributed by atoms with Crippen molar-refractivity contribution in [2.24, 2.45) is 0 Å². The zero-order valence-corrected chi connectivity index (χ0v) is 12.6. The molecule has 1 atom stereocenters. The van der Waals surface area contributed by atoms with E-state index in [4.69, 9.17) is 14.4 Å². The van der Waals surface area contributed by atoms with Crippen LogP contribution in [-0.4, -0.2) is 47.0 Å². The van der Waals surface area contributed by atoms with Crippen molar-refractivity contribution < 1.29 is 14.4 Å². The molecule has 0 aliphatic rings. The van der Waals surface area contributed by atoms with Crippen molar-refractivity contribution in [2.75, 3.05) is 26.8 Å². The van der Waals surface area contributed by atoms with Gasteiger partial charge in [-0.25, -0.2) is 0 Å². The molecule has 21 heavy (non-hydrogen) atoms. The summed E-state index contributed by atoms with van der Waals surface area (Å²) in [7, 11) is 1.63. The number of hydrogen-bond donors (Lipinski definition) is 1. The second-order valence-electron chi connectivity index (χ2n) is 4.71. The molecular weight excluding hydrogens is 270 g/mol. The molecule has 0 radical (unpaired) electrons.